The molecule has 1 saturated heterocycles. The Balaban J connectivity index is 1.34. The Labute approximate surface area is 244 Å². The van der Waals surface area contributed by atoms with Crippen molar-refractivity contribution in [1.29, 1.82) is 0 Å². The van der Waals surface area contributed by atoms with Gasteiger partial charge in [-0.2, -0.15) is 26.3 Å². The number of aromatic nitrogens is 1. The van der Waals surface area contributed by atoms with Gasteiger partial charge in [-0.3, -0.25) is 9.88 Å². The topological polar surface area (TPSA) is 36.4 Å². The molecule has 2 heterocycles. The average Bonchev–Trinajstić information content (AvgIpc) is 2.97. The predicted octanol–water partition coefficient (Wildman–Crippen LogP) is 8.59. The SMILES string of the molecule is OC(c1ccc(C(F)(F)F)cc1)(c1ccc(C(F)(F)F)cc1)C1CCN(Cc2ccc(-c3ccc(Cl)cn3)cc2)CC1. The number of rotatable bonds is 6. The Morgan fingerprint density at radius 3 is 1.60 bits per heavy atom. The van der Waals surface area contributed by atoms with E-state index < -0.39 is 35.0 Å². The van der Waals surface area contributed by atoms with Crippen LogP contribution in [0.15, 0.2) is 91.1 Å². The summed E-state index contributed by atoms with van der Waals surface area (Å²) < 4.78 is 79.3. The molecule has 42 heavy (non-hydrogen) atoms. The van der Waals surface area contributed by atoms with Gasteiger partial charge in [0.15, 0.2) is 0 Å². The van der Waals surface area contributed by atoms with E-state index in [0.29, 0.717) is 37.5 Å². The van der Waals surface area contributed by atoms with Gasteiger partial charge in [0.1, 0.15) is 5.60 Å². The molecule has 1 aliphatic rings. The van der Waals surface area contributed by atoms with Gasteiger partial charge in [-0.1, -0.05) is 60.1 Å². The highest BCUT2D eigenvalue weighted by molar-refractivity contribution is 6.30. The lowest BCUT2D eigenvalue weighted by atomic mass is 9.71. The monoisotopic (exact) mass is 604 g/mol. The van der Waals surface area contributed by atoms with Crippen LogP contribution in [0.25, 0.3) is 11.3 Å². The summed E-state index contributed by atoms with van der Waals surface area (Å²) in [7, 11) is 0. The highest BCUT2D eigenvalue weighted by Gasteiger charge is 2.43. The van der Waals surface area contributed by atoms with Crippen LogP contribution >= 0.6 is 11.6 Å². The minimum atomic E-state index is -4.56. The standard InChI is InChI=1S/C32H27ClF6N2O/c33-28-13-14-29(40-19-28)22-3-1-21(2-4-22)20-41-17-15-25(16-18-41)30(42,23-5-9-26(10-6-23)31(34,35)36)24-7-11-27(12-8-24)32(37,38)39/h1-14,19,25,42H,15-18,20H2. The number of pyridine rings is 1. The summed E-state index contributed by atoms with van der Waals surface area (Å²) in [4.78, 5) is 6.55. The molecule has 0 bridgehead atoms. The summed E-state index contributed by atoms with van der Waals surface area (Å²) in [6.45, 7) is 1.84. The molecule has 1 fully saturated rings. The molecule has 5 rings (SSSR count). The van der Waals surface area contributed by atoms with E-state index in [-0.39, 0.29) is 11.1 Å². The third-order valence-electron chi connectivity index (χ3n) is 7.87. The zero-order chi connectivity index (χ0) is 30.1. The number of benzene rings is 3. The van der Waals surface area contributed by atoms with Gasteiger partial charge in [0.2, 0.25) is 0 Å². The van der Waals surface area contributed by atoms with E-state index in [9.17, 15) is 31.4 Å². The van der Waals surface area contributed by atoms with Crippen LogP contribution in [0.3, 0.4) is 0 Å². The summed E-state index contributed by atoms with van der Waals surface area (Å²) >= 11 is 5.92. The lowest BCUT2D eigenvalue weighted by Gasteiger charge is -2.42. The normalized spacial score (nSPS) is 15.6. The van der Waals surface area contributed by atoms with Crippen molar-refractivity contribution >= 4 is 11.6 Å². The Hall–Kier alpha value is -3.40. The van der Waals surface area contributed by atoms with Gasteiger partial charge in [-0.15, -0.1) is 0 Å². The van der Waals surface area contributed by atoms with Crippen LogP contribution < -0.4 is 0 Å². The second kappa shape index (κ2) is 11.7. The minimum Gasteiger partial charge on any atom is -0.380 e. The summed E-state index contributed by atoms with van der Waals surface area (Å²) in [6, 6.07) is 20.0. The lowest BCUT2D eigenvalue weighted by molar-refractivity contribution is -0.138. The fourth-order valence-corrected chi connectivity index (χ4v) is 5.67. The smallest absolute Gasteiger partial charge is 0.380 e. The van der Waals surface area contributed by atoms with Crippen LogP contribution in [0, 0.1) is 5.92 Å². The fourth-order valence-electron chi connectivity index (χ4n) is 5.56. The Morgan fingerprint density at radius 2 is 1.17 bits per heavy atom. The molecule has 0 atom stereocenters. The molecule has 3 nitrogen and oxygen atoms in total. The van der Waals surface area contributed by atoms with Gasteiger partial charge >= 0.3 is 12.4 Å². The molecule has 3 aromatic carbocycles. The number of hydrogen-bond donors (Lipinski definition) is 1. The lowest BCUT2D eigenvalue weighted by Crippen LogP contribution is -2.44. The van der Waals surface area contributed by atoms with Crippen LogP contribution in [0.5, 0.6) is 0 Å². The quantitative estimate of drug-likeness (QED) is 0.224. The molecule has 0 spiro atoms. The van der Waals surface area contributed by atoms with Gasteiger partial charge in [-0.05, 0) is 84.9 Å². The maximum Gasteiger partial charge on any atom is 0.416 e. The molecule has 0 radical (unpaired) electrons. The fraction of sp³-hybridized carbons (Fsp3) is 0.281. The first-order valence-corrected chi connectivity index (χ1v) is 13.7. The summed E-state index contributed by atoms with van der Waals surface area (Å²) in [6.07, 6.45) is -6.54. The third-order valence-corrected chi connectivity index (χ3v) is 8.09. The second-order valence-corrected chi connectivity index (χ2v) is 11.0. The van der Waals surface area contributed by atoms with Gasteiger partial charge in [0, 0.05) is 18.3 Å². The third kappa shape index (κ3) is 6.48. The first-order chi connectivity index (χ1) is 19.8. The minimum absolute atomic E-state index is 0.208. The van der Waals surface area contributed by atoms with E-state index in [4.69, 9.17) is 11.6 Å². The van der Waals surface area contributed by atoms with Gasteiger partial charge < -0.3 is 5.11 Å². The molecular formula is C32H27ClF6N2O. The van der Waals surface area contributed by atoms with Gasteiger partial charge in [0.25, 0.3) is 0 Å². The molecule has 0 unspecified atom stereocenters. The molecule has 10 heteroatoms. The second-order valence-electron chi connectivity index (χ2n) is 10.5. The molecule has 1 aromatic heterocycles. The Morgan fingerprint density at radius 1 is 0.690 bits per heavy atom. The number of nitrogens with zero attached hydrogens (tertiary/aromatic N) is 2. The predicted molar refractivity (Wildman–Crippen MR) is 149 cm³/mol. The van der Waals surface area contributed by atoms with Crippen molar-refractivity contribution in [3.63, 3.8) is 0 Å². The summed E-state index contributed by atoms with van der Waals surface area (Å²) in [5, 5.41) is 12.7. The van der Waals surface area contributed by atoms with Crippen molar-refractivity contribution in [1.82, 2.24) is 9.88 Å². The zero-order valence-corrected chi connectivity index (χ0v) is 23.0. The molecule has 1 N–H and O–H groups in total. The summed E-state index contributed by atoms with van der Waals surface area (Å²) in [5.41, 5.74) is -0.257. The number of likely N-dealkylation sites (tertiary alicyclic amines) is 1. The van der Waals surface area contributed by atoms with Gasteiger partial charge in [0.05, 0.1) is 21.8 Å². The average molecular weight is 605 g/mol. The molecule has 4 aromatic rings. The van der Waals surface area contributed by atoms with E-state index in [1.54, 1.807) is 12.3 Å². The highest BCUT2D eigenvalue weighted by Crippen LogP contribution is 2.44. The number of alkyl halides is 6. The first-order valence-electron chi connectivity index (χ1n) is 13.3. The van der Waals surface area contributed by atoms with Crippen LogP contribution in [-0.2, 0) is 24.5 Å². The van der Waals surface area contributed by atoms with Crippen molar-refractivity contribution in [2.75, 3.05) is 13.1 Å². The van der Waals surface area contributed by atoms with E-state index >= 15 is 0 Å². The van der Waals surface area contributed by atoms with Gasteiger partial charge in [-0.25, -0.2) is 0 Å². The van der Waals surface area contributed by atoms with E-state index in [1.807, 2.05) is 30.3 Å². The summed E-state index contributed by atoms with van der Waals surface area (Å²) in [5.74, 6) is -0.430. The van der Waals surface area contributed by atoms with Crippen molar-refractivity contribution < 1.29 is 31.4 Å². The van der Waals surface area contributed by atoms with Crippen LogP contribution in [-0.4, -0.2) is 28.1 Å². The molecule has 0 amide bonds. The largest absolute Gasteiger partial charge is 0.416 e. The number of aliphatic hydroxyl groups is 1. The van der Waals surface area contributed by atoms with Crippen molar-refractivity contribution in [3.8, 4) is 11.3 Å². The van der Waals surface area contributed by atoms with Crippen LogP contribution in [0.2, 0.25) is 5.02 Å². The zero-order valence-electron chi connectivity index (χ0n) is 22.3. The van der Waals surface area contributed by atoms with Crippen molar-refractivity contribution in [2.24, 2.45) is 5.92 Å². The van der Waals surface area contributed by atoms with Crippen molar-refractivity contribution in [3.05, 3.63) is 124 Å². The number of hydrogen-bond acceptors (Lipinski definition) is 3. The number of piperidine rings is 1. The van der Waals surface area contributed by atoms with E-state index in [0.717, 1.165) is 41.1 Å². The van der Waals surface area contributed by atoms with E-state index in [1.165, 1.54) is 24.3 Å². The molecule has 1 aliphatic heterocycles. The molecule has 0 aliphatic carbocycles. The molecule has 220 valence electrons. The van der Waals surface area contributed by atoms with Crippen molar-refractivity contribution in [2.45, 2.75) is 37.3 Å². The maximum atomic E-state index is 13.2. The maximum absolute atomic E-state index is 13.2. The Kier molecular flexibility index (Phi) is 8.38. The first kappa shape index (κ1) is 30.1. The highest BCUT2D eigenvalue weighted by atomic mass is 35.5. The molecular weight excluding hydrogens is 578 g/mol. The Bertz CT molecular complexity index is 1420. The van der Waals surface area contributed by atoms with Crippen LogP contribution in [0.4, 0.5) is 26.3 Å². The molecule has 0 saturated carbocycles. The van der Waals surface area contributed by atoms with Crippen LogP contribution in [0.1, 0.15) is 40.7 Å². The van der Waals surface area contributed by atoms with E-state index in [2.05, 4.69) is 9.88 Å². The number of halogens is 7.